The second-order valence-corrected chi connectivity index (χ2v) is 5.79. The van der Waals surface area contributed by atoms with Crippen molar-refractivity contribution in [3.63, 3.8) is 0 Å². The summed E-state index contributed by atoms with van der Waals surface area (Å²) in [5.74, 6) is 0. The highest BCUT2D eigenvalue weighted by Gasteiger charge is 1.98. The van der Waals surface area contributed by atoms with Crippen LogP contribution in [-0.4, -0.2) is 0 Å². The number of nitrogen functional groups attached to an aromatic ring is 2. The first kappa shape index (κ1) is 19.7. The molecule has 4 N–H and O–H groups in total. The fraction of sp³-hybridized carbons (Fsp3) is 0.400. The molecule has 0 unspecified atom stereocenters. The highest BCUT2D eigenvalue weighted by Crippen LogP contribution is 2.26. The number of unbranched alkanes of at least 4 members (excludes halogenated alkanes) is 2. The minimum atomic E-state index is 0.535. The van der Waals surface area contributed by atoms with Crippen molar-refractivity contribution in [1.82, 2.24) is 0 Å². The number of benzene rings is 2. The Labute approximate surface area is 146 Å². The number of anilines is 2. The molecule has 0 heterocycles. The van der Waals surface area contributed by atoms with E-state index in [1.54, 1.807) is 18.2 Å². The molecule has 0 spiro atoms. The van der Waals surface area contributed by atoms with Crippen LogP contribution in [0.3, 0.4) is 0 Å². The number of hydrogen-bond donors (Lipinski definition) is 2. The van der Waals surface area contributed by atoms with E-state index in [9.17, 15) is 0 Å². The van der Waals surface area contributed by atoms with Gasteiger partial charge in [0.05, 0.1) is 11.4 Å². The molecule has 2 aromatic rings. The smallest absolute Gasteiger partial charge is 0.109 e. The zero-order valence-corrected chi connectivity index (χ0v) is 15.1. The van der Waals surface area contributed by atoms with Crippen LogP contribution in [0.4, 0.5) is 22.7 Å². The van der Waals surface area contributed by atoms with Crippen molar-refractivity contribution in [2.45, 2.75) is 52.9 Å². The van der Waals surface area contributed by atoms with E-state index < -0.39 is 0 Å². The van der Waals surface area contributed by atoms with Gasteiger partial charge in [0.25, 0.3) is 0 Å². The number of azo groups is 1. The Morgan fingerprint density at radius 1 is 0.792 bits per heavy atom. The molecular weight excluding hydrogens is 296 g/mol. The van der Waals surface area contributed by atoms with Crippen LogP contribution < -0.4 is 11.5 Å². The van der Waals surface area contributed by atoms with E-state index in [4.69, 9.17) is 11.5 Å². The zero-order valence-electron chi connectivity index (χ0n) is 15.1. The lowest BCUT2D eigenvalue weighted by atomic mass is 10.1. The standard InChI is InChI=1S/C16H20N4.C4H10/c1-2-3-4-12-5-8-14(9-6-12)19-20-16-10-7-13(17)11-15(16)18;1-3-4-2/h5-11H,2-4,17-18H2,1H3;3-4H2,1-2H3. The third-order valence-corrected chi connectivity index (χ3v) is 3.58. The highest BCUT2D eigenvalue weighted by atomic mass is 15.1. The number of hydrogen-bond acceptors (Lipinski definition) is 4. The largest absolute Gasteiger partial charge is 0.399 e. The molecule has 24 heavy (non-hydrogen) atoms. The summed E-state index contributed by atoms with van der Waals surface area (Å²) < 4.78 is 0. The molecule has 4 nitrogen and oxygen atoms in total. The molecule has 0 bridgehead atoms. The Hall–Kier alpha value is -2.36. The van der Waals surface area contributed by atoms with E-state index in [-0.39, 0.29) is 0 Å². The van der Waals surface area contributed by atoms with Crippen LogP contribution in [0, 0.1) is 0 Å². The van der Waals surface area contributed by atoms with E-state index in [0.29, 0.717) is 17.1 Å². The second-order valence-electron chi connectivity index (χ2n) is 5.79. The minimum absolute atomic E-state index is 0.535. The minimum Gasteiger partial charge on any atom is -0.399 e. The van der Waals surface area contributed by atoms with Gasteiger partial charge in [-0.1, -0.05) is 52.2 Å². The van der Waals surface area contributed by atoms with Crippen molar-refractivity contribution in [2.24, 2.45) is 10.2 Å². The predicted molar refractivity (Wildman–Crippen MR) is 105 cm³/mol. The van der Waals surface area contributed by atoms with Crippen LogP contribution in [0.15, 0.2) is 52.7 Å². The molecular formula is C20H30N4. The predicted octanol–water partition coefficient (Wildman–Crippen LogP) is 6.42. The van der Waals surface area contributed by atoms with Crippen molar-refractivity contribution in [3.05, 3.63) is 48.0 Å². The maximum atomic E-state index is 5.83. The van der Waals surface area contributed by atoms with Gasteiger partial charge in [0, 0.05) is 5.69 Å². The normalized spacial score (nSPS) is 10.5. The maximum Gasteiger partial charge on any atom is 0.109 e. The Kier molecular flexibility index (Phi) is 9.20. The first-order valence-corrected chi connectivity index (χ1v) is 8.76. The quantitative estimate of drug-likeness (QED) is 0.475. The fourth-order valence-corrected chi connectivity index (χ4v) is 1.89. The lowest BCUT2D eigenvalue weighted by molar-refractivity contribution is 0.795. The van der Waals surface area contributed by atoms with E-state index in [2.05, 4.69) is 43.1 Å². The first-order valence-electron chi connectivity index (χ1n) is 8.76. The van der Waals surface area contributed by atoms with Gasteiger partial charge in [-0.15, -0.1) is 5.11 Å². The first-order chi connectivity index (χ1) is 11.6. The average Bonchev–Trinajstić information content (AvgIpc) is 2.60. The second kappa shape index (κ2) is 11.2. The molecule has 0 aromatic heterocycles. The Morgan fingerprint density at radius 2 is 1.46 bits per heavy atom. The van der Waals surface area contributed by atoms with Crippen LogP contribution in [0.25, 0.3) is 0 Å². The highest BCUT2D eigenvalue weighted by molar-refractivity contribution is 5.67. The Morgan fingerprint density at radius 3 is 2.00 bits per heavy atom. The van der Waals surface area contributed by atoms with Gasteiger partial charge in [0.15, 0.2) is 0 Å². The summed E-state index contributed by atoms with van der Waals surface area (Å²) >= 11 is 0. The van der Waals surface area contributed by atoms with Gasteiger partial charge in [-0.25, -0.2) is 0 Å². The maximum absolute atomic E-state index is 5.83. The molecule has 0 amide bonds. The summed E-state index contributed by atoms with van der Waals surface area (Å²) in [7, 11) is 0. The summed E-state index contributed by atoms with van der Waals surface area (Å²) in [4.78, 5) is 0. The lowest BCUT2D eigenvalue weighted by Gasteiger charge is -2.01. The fourth-order valence-electron chi connectivity index (χ4n) is 1.89. The topological polar surface area (TPSA) is 76.8 Å². The molecule has 0 saturated carbocycles. The summed E-state index contributed by atoms with van der Waals surface area (Å²) in [6.45, 7) is 6.56. The van der Waals surface area contributed by atoms with E-state index >= 15 is 0 Å². The number of aryl methyl sites for hydroxylation is 1. The summed E-state index contributed by atoms with van der Waals surface area (Å²) in [6, 6.07) is 13.3. The SMILES string of the molecule is CCCC.CCCCc1ccc(N=Nc2ccc(N)cc2N)cc1. The van der Waals surface area contributed by atoms with Crippen LogP contribution in [0.5, 0.6) is 0 Å². The summed E-state index contributed by atoms with van der Waals surface area (Å²) in [6.07, 6.45) is 6.17. The third kappa shape index (κ3) is 7.27. The van der Waals surface area contributed by atoms with Gasteiger partial charge in [-0.3, -0.25) is 0 Å². The molecule has 0 aliphatic carbocycles. The molecule has 2 rings (SSSR count). The van der Waals surface area contributed by atoms with Crippen LogP contribution in [-0.2, 0) is 6.42 Å². The van der Waals surface area contributed by atoms with Crippen molar-refractivity contribution in [2.75, 3.05) is 11.5 Å². The van der Waals surface area contributed by atoms with E-state index in [0.717, 1.165) is 12.1 Å². The summed E-state index contributed by atoms with van der Waals surface area (Å²) in [5, 5.41) is 8.35. The van der Waals surface area contributed by atoms with Crippen molar-refractivity contribution in [1.29, 1.82) is 0 Å². The summed E-state index contributed by atoms with van der Waals surface area (Å²) in [5.41, 5.74) is 15.4. The van der Waals surface area contributed by atoms with Crippen LogP contribution in [0.2, 0.25) is 0 Å². The van der Waals surface area contributed by atoms with E-state index in [1.807, 2.05) is 12.1 Å². The van der Waals surface area contributed by atoms with Crippen molar-refractivity contribution < 1.29 is 0 Å². The van der Waals surface area contributed by atoms with Gasteiger partial charge in [-0.05, 0) is 48.7 Å². The van der Waals surface area contributed by atoms with Gasteiger partial charge >= 0.3 is 0 Å². The lowest BCUT2D eigenvalue weighted by Crippen LogP contribution is -1.89. The van der Waals surface area contributed by atoms with E-state index in [1.165, 1.54) is 31.2 Å². The Balaban J connectivity index is 0.000000648. The van der Waals surface area contributed by atoms with Crippen LogP contribution in [0.1, 0.15) is 52.0 Å². The number of nitrogens with two attached hydrogens (primary N) is 2. The molecule has 0 aliphatic rings. The van der Waals surface area contributed by atoms with Gasteiger partial charge in [0.1, 0.15) is 5.69 Å². The van der Waals surface area contributed by atoms with Crippen molar-refractivity contribution >= 4 is 22.7 Å². The third-order valence-electron chi connectivity index (χ3n) is 3.58. The molecule has 2 aromatic carbocycles. The van der Waals surface area contributed by atoms with Gasteiger partial charge in [0.2, 0.25) is 0 Å². The molecule has 0 aliphatic heterocycles. The molecule has 0 radical (unpaired) electrons. The Bertz CT molecular complexity index is 616. The molecule has 0 saturated heterocycles. The van der Waals surface area contributed by atoms with Gasteiger partial charge in [-0.2, -0.15) is 5.11 Å². The van der Waals surface area contributed by atoms with Crippen LogP contribution >= 0.6 is 0 Å². The molecule has 0 atom stereocenters. The zero-order chi connectivity index (χ0) is 17.8. The number of rotatable bonds is 6. The average molecular weight is 326 g/mol. The number of nitrogens with zero attached hydrogens (tertiary/aromatic N) is 2. The monoisotopic (exact) mass is 326 g/mol. The molecule has 0 fully saturated rings. The van der Waals surface area contributed by atoms with Crippen molar-refractivity contribution in [3.8, 4) is 0 Å². The molecule has 130 valence electrons. The van der Waals surface area contributed by atoms with Gasteiger partial charge < -0.3 is 11.5 Å². The molecule has 4 heteroatoms.